The predicted octanol–water partition coefficient (Wildman–Crippen LogP) is 3.80. The van der Waals surface area contributed by atoms with Crippen molar-refractivity contribution in [3.8, 4) is 0 Å². The summed E-state index contributed by atoms with van der Waals surface area (Å²) in [7, 11) is 0. The summed E-state index contributed by atoms with van der Waals surface area (Å²) >= 11 is 0. The summed E-state index contributed by atoms with van der Waals surface area (Å²) in [6.45, 7) is 5.34. The fourth-order valence-corrected chi connectivity index (χ4v) is 3.66. The highest BCUT2D eigenvalue weighted by atomic mass is 16.4. The second kappa shape index (κ2) is 6.03. The van der Waals surface area contributed by atoms with Crippen LogP contribution in [0.15, 0.2) is 24.3 Å². The number of fused-ring (bicyclic) bond motifs is 1. The molecule has 2 aromatic rings. The van der Waals surface area contributed by atoms with E-state index in [1.165, 1.54) is 19.3 Å². The minimum absolute atomic E-state index is 0.446. The van der Waals surface area contributed by atoms with Gasteiger partial charge >= 0.3 is 5.97 Å². The van der Waals surface area contributed by atoms with Crippen molar-refractivity contribution in [2.45, 2.75) is 52.0 Å². The molecule has 22 heavy (non-hydrogen) atoms. The van der Waals surface area contributed by atoms with Gasteiger partial charge in [-0.3, -0.25) is 4.68 Å². The predicted molar refractivity (Wildman–Crippen MR) is 89.3 cm³/mol. The number of carboxylic acid groups (broad SMARTS) is 1. The normalized spacial score (nSPS) is 18.8. The SMILES string of the molecule is CCCc1c(C(=O)O)c2ccccc2n1N1CCCCC1C. The number of hydrogen-bond donors (Lipinski definition) is 1. The molecular formula is C18H24N2O2. The molecule has 2 heterocycles. The van der Waals surface area contributed by atoms with Gasteiger partial charge in [-0.15, -0.1) is 0 Å². The molecule has 1 aromatic heterocycles. The average Bonchev–Trinajstić information content (AvgIpc) is 2.82. The zero-order chi connectivity index (χ0) is 15.7. The number of piperidine rings is 1. The minimum Gasteiger partial charge on any atom is -0.478 e. The number of rotatable bonds is 4. The highest BCUT2D eigenvalue weighted by Crippen LogP contribution is 2.30. The van der Waals surface area contributed by atoms with E-state index in [0.717, 1.165) is 36.0 Å². The molecule has 1 aromatic carbocycles. The minimum atomic E-state index is -0.817. The average molecular weight is 300 g/mol. The molecule has 0 amide bonds. The molecule has 0 spiro atoms. The Morgan fingerprint density at radius 3 is 2.77 bits per heavy atom. The summed E-state index contributed by atoms with van der Waals surface area (Å²) < 4.78 is 2.20. The van der Waals surface area contributed by atoms with Gasteiger partial charge in [0.05, 0.1) is 16.8 Å². The van der Waals surface area contributed by atoms with Gasteiger partial charge in [0, 0.05) is 18.0 Å². The van der Waals surface area contributed by atoms with Gasteiger partial charge in [-0.2, -0.15) is 0 Å². The zero-order valence-corrected chi connectivity index (χ0v) is 13.4. The second-order valence-electron chi connectivity index (χ2n) is 6.21. The van der Waals surface area contributed by atoms with Crippen LogP contribution in [-0.4, -0.2) is 28.3 Å². The highest BCUT2D eigenvalue weighted by molar-refractivity contribution is 6.05. The van der Waals surface area contributed by atoms with Gasteiger partial charge < -0.3 is 10.1 Å². The summed E-state index contributed by atoms with van der Waals surface area (Å²) in [5, 5.41) is 13.0. The summed E-state index contributed by atoms with van der Waals surface area (Å²) in [5.74, 6) is -0.817. The summed E-state index contributed by atoms with van der Waals surface area (Å²) in [5.41, 5.74) is 2.46. The van der Waals surface area contributed by atoms with E-state index in [-0.39, 0.29) is 0 Å². The van der Waals surface area contributed by atoms with E-state index >= 15 is 0 Å². The number of carbonyl (C=O) groups is 1. The van der Waals surface area contributed by atoms with E-state index in [1.807, 2.05) is 24.3 Å². The molecule has 0 saturated carbocycles. The third kappa shape index (κ3) is 2.36. The summed E-state index contributed by atoms with van der Waals surface area (Å²) in [6, 6.07) is 8.34. The summed E-state index contributed by atoms with van der Waals surface area (Å²) in [6.07, 6.45) is 5.33. The Kier molecular flexibility index (Phi) is 4.10. The van der Waals surface area contributed by atoms with Crippen LogP contribution in [-0.2, 0) is 6.42 Å². The number of aromatic nitrogens is 1. The lowest BCUT2D eigenvalue weighted by Gasteiger charge is -2.38. The Bertz CT molecular complexity index is 690. The van der Waals surface area contributed by atoms with Crippen LogP contribution in [0.1, 0.15) is 55.6 Å². The van der Waals surface area contributed by atoms with Gasteiger partial charge in [-0.25, -0.2) is 4.79 Å². The molecule has 1 N–H and O–H groups in total. The van der Waals surface area contributed by atoms with Gasteiger partial charge in [-0.1, -0.05) is 31.5 Å². The zero-order valence-electron chi connectivity index (χ0n) is 13.4. The van der Waals surface area contributed by atoms with Gasteiger partial charge in [0.1, 0.15) is 0 Å². The van der Waals surface area contributed by atoms with E-state index in [4.69, 9.17) is 0 Å². The molecule has 1 aliphatic heterocycles. The molecule has 1 saturated heterocycles. The van der Waals surface area contributed by atoms with Crippen LogP contribution in [0.2, 0.25) is 0 Å². The Morgan fingerprint density at radius 2 is 2.09 bits per heavy atom. The third-order valence-electron chi connectivity index (χ3n) is 4.67. The van der Waals surface area contributed by atoms with E-state index in [0.29, 0.717) is 11.6 Å². The Labute approximate surface area is 131 Å². The first-order valence-corrected chi connectivity index (χ1v) is 8.27. The van der Waals surface area contributed by atoms with Gasteiger partial charge in [0.25, 0.3) is 0 Å². The third-order valence-corrected chi connectivity index (χ3v) is 4.67. The largest absolute Gasteiger partial charge is 0.478 e. The molecule has 1 unspecified atom stereocenters. The van der Waals surface area contributed by atoms with Crippen molar-refractivity contribution in [3.05, 3.63) is 35.5 Å². The lowest BCUT2D eigenvalue weighted by atomic mass is 10.1. The van der Waals surface area contributed by atoms with E-state index in [1.54, 1.807) is 0 Å². The molecule has 0 bridgehead atoms. The van der Waals surface area contributed by atoms with Crippen LogP contribution < -0.4 is 5.01 Å². The quantitative estimate of drug-likeness (QED) is 0.934. The summed E-state index contributed by atoms with van der Waals surface area (Å²) in [4.78, 5) is 11.9. The Hall–Kier alpha value is -1.97. The maximum atomic E-state index is 11.9. The van der Waals surface area contributed by atoms with Crippen LogP contribution in [0.4, 0.5) is 0 Å². The first-order chi connectivity index (χ1) is 10.6. The first kappa shape index (κ1) is 14.9. The molecule has 1 aliphatic rings. The number of carboxylic acids is 1. The number of benzene rings is 1. The van der Waals surface area contributed by atoms with Crippen LogP contribution in [0.25, 0.3) is 10.9 Å². The van der Waals surface area contributed by atoms with E-state index < -0.39 is 5.97 Å². The molecule has 4 heteroatoms. The maximum absolute atomic E-state index is 11.9. The van der Waals surface area contributed by atoms with Crippen LogP contribution in [0, 0.1) is 0 Å². The molecule has 0 radical (unpaired) electrons. The Morgan fingerprint density at radius 1 is 1.32 bits per heavy atom. The van der Waals surface area contributed by atoms with Crippen molar-refractivity contribution in [1.82, 2.24) is 4.68 Å². The van der Waals surface area contributed by atoms with Crippen LogP contribution >= 0.6 is 0 Å². The Balaban J connectivity index is 2.26. The molecule has 0 aliphatic carbocycles. The fraction of sp³-hybridized carbons (Fsp3) is 0.500. The van der Waals surface area contributed by atoms with Crippen molar-refractivity contribution < 1.29 is 9.90 Å². The van der Waals surface area contributed by atoms with E-state index in [9.17, 15) is 9.90 Å². The van der Waals surface area contributed by atoms with Crippen LogP contribution in [0.3, 0.4) is 0 Å². The lowest BCUT2D eigenvalue weighted by Crippen LogP contribution is -2.46. The maximum Gasteiger partial charge on any atom is 0.338 e. The van der Waals surface area contributed by atoms with Crippen molar-refractivity contribution in [3.63, 3.8) is 0 Å². The first-order valence-electron chi connectivity index (χ1n) is 8.27. The number of para-hydroxylation sites is 1. The molecule has 1 fully saturated rings. The van der Waals surface area contributed by atoms with Crippen molar-refractivity contribution in [2.24, 2.45) is 0 Å². The standard InChI is InChI=1S/C18H24N2O2/c1-3-8-16-17(18(21)22)14-10-4-5-11-15(14)20(16)19-12-7-6-9-13(19)2/h4-5,10-11,13H,3,6-9,12H2,1-2H3,(H,21,22). The van der Waals surface area contributed by atoms with Gasteiger partial charge in [0.15, 0.2) is 0 Å². The monoisotopic (exact) mass is 300 g/mol. The van der Waals surface area contributed by atoms with Crippen molar-refractivity contribution >= 4 is 16.9 Å². The van der Waals surface area contributed by atoms with Crippen LogP contribution in [0.5, 0.6) is 0 Å². The van der Waals surface area contributed by atoms with E-state index in [2.05, 4.69) is 23.5 Å². The molecule has 1 atom stereocenters. The molecule has 3 rings (SSSR count). The molecule has 4 nitrogen and oxygen atoms in total. The fourth-order valence-electron chi connectivity index (χ4n) is 3.66. The van der Waals surface area contributed by atoms with Crippen molar-refractivity contribution in [2.75, 3.05) is 11.6 Å². The molecule has 118 valence electrons. The number of nitrogens with zero attached hydrogens (tertiary/aromatic N) is 2. The lowest BCUT2D eigenvalue weighted by molar-refractivity contribution is 0.0697. The van der Waals surface area contributed by atoms with Gasteiger partial charge in [-0.05, 0) is 38.7 Å². The van der Waals surface area contributed by atoms with Gasteiger partial charge in [0.2, 0.25) is 0 Å². The topological polar surface area (TPSA) is 45.5 Å². The number of aromatic carboxylic acids is 1. The molecular weight excluding hydrogens is 276 g/mol. The number of hydrogen-bond acceptors (Lipinski definition) is 2. The van der Waals surface area contributed by atoms with Crippen molar-refractivity contribution in [1.29, 1.82) is 0 Å². The second-order valence-corrected chi connectivity index (χ2v) is 6.21. The highest BCUT2D eigenvalue weighted by Gasteiger charge is 2.27. The smallest absolute Gasteiger partial charge is 0.338 e.